The highest BCUT2D eigenvalue weighted by Gasteiger charge is 2.48. The first kappa shape index (κ1) is 11.7. The molecule has 2 nitrogen and oxygen atoms in total. The van der Waals surface area contributed by atoms with Crippen LogP contribution in [0.5, 0.6) is 5.75 Å². The molecule has 0 saturated heterocycles. The molecule has 88 valence electrons. The average Bonchev–Trinajstić information content (AvgIpc) is 2.23. The second-order valence-electron chi connectivity index (χ2n) is 5.18. The molecule has 1 fully saturated rings. The van der Waals surface area contributed by atoms with E-state index in [1.807, 2.05) is 25.1 Å². The summed E-state index contributed by atoms with van der Waals surface area (Å²) in [6, 6.07) is 5.96. The van der Waals surface area contributed by atoms with Crippen molar-refractivity contribution in [2.45, 2.75) is 39.3 Å². The minimum absolute atomic E-state index is 0.0504. The zero-order valence-electron chi connectivity index (χ0n) is 9.96. The van der Waals surface area contributed by atoms with Crippen LogP contribution in [0, 0.1) is 12.3 Å². The molecule has 3 heteroatoms. The number of nitrogens with two attached hydrogens (primary N) is 1. The molecule has 1 aromatic rings. The lowest BCUT2D eigenvalue weighted by molar-refractivity contribution is -0.0403. The SMILES string of the molecule is Cc1ccc(Cl)cc1OC1CC(N)C1(C)C. The van der Waals surface area contributed by atoms with E-state index in [9.17, 15) is 0 Å². The molecule has 2 N–H and O–H groups in total. The van der Waals surface area contributed by atoms with Crippen molar-refractivity contribution >= 4 is 11.6 Å². The van der Waals surface area contributed by atoms with Crippen LogP contribution >= 0.6 is 11.6 Å². The van der Waals surface area contributed by atoms with Gasteiger partial charge in [0.05, 0.1) is 0 Å². The van der Waals surface area contributed by atoms with Crippen LogP contribution in [0.1, 0.15) is 25.8 Å². The van der Waals surface area contributed by atoms with Gasteiger partial charge in [-0.1, -0.05) is 31.5 Å². The van der Waals surface area contributed by atoms with E-state index in [1.54, 1.807) is 0 Å². The number of halogens is 1. The van der Waals surface area contributed by atoms with Gasteiger partial charge in [0.25, 0.3) is 0 Å². The van der Waals surface area contributed by atoms with Gasteiger partial charge in [-0.2, -0.15) is 0 Å². The Morgan fingerprint density at radius 1 is 1.44 bits per heavy atom. The first-order valence-corrected chi connectivity index (χ1v) is 5.97. The van der Waals surface area contributed by atoms with Crippen molar-refractivity contribution in [2.24, 2.45) is 11.1 Å². The average molecular weight is 240 g/mol. The molecule has 2 atom stereocenters. The molecule has 1 saturated carbocycles. The fourth-order valence-corrected chi connectivity index (χ4v) is 2.13. The van der Waals surface area contributed by atoms with Gasteiger partial charge in [0.2, 0.25) is 0 Å². The van der Waals surface area contributed by atoms with Crippen LogP contribution in [-0.4, -0.2) is 12.1 Å². The Kier molecular flexibility index (Phi) is 2.89. The third kappa shape index (κ3) is 1.92. The molecule has 0 heterocycles. The predicted octanol–water partition coefficient (Wildman–Crippen LogP) is 3.15. The molecule has 1 aliphatic rings. The lowest BCUT2D eigenvalue weighted by atomic mass is 9.65. The zero-order valence-corrected chi connectivity index (χ0v) is 10.7. The van der Waals surface area contributed by atoms with Crippen molar-refractivity contribution in [3.8, 4) is 5.75 Å². The normalized spacial score (nSPS) is 27.3. The maximum absolute atomic E-state index is 5.98. The lowest BCUT2D eigenvalue weighted by Crippen LogP contribution is -2.60. The van der Waals surface area contributed by atoms with E-state index in [4.69, 9.17) is 22.1 Å². The summed E-state index contributed by atoms with van der Waals surface area (Å²) in [5.41, 5.74) is 7.12. The Morgan fingerprint density at radius 2 is 2.12 bits per heavy atom. The molecule has 2 rings (SSSR count). The number of hydrogen-bond acceptors (Lipinski definition) is 2. The third-order valence-electron chi connectivity index (χ3n) is 3.67. The topological polar surface area (TPSA) is 35.2 Å². The summed E-state index contributed by atoms with van der Waals surface area (Å²) in [7, 11) is 0. The molecule has 2 unspecified atom stereocenters. The third-order valence-corrected chi connectivity index (χ3v) is 3.91. The van der Waals surface area contributed by atoms with Crippen molar-refractivity contribution in [2.75, 3.05) is 0 Å². The number of benzene rings is 1. The van der Waals surface area contributed by atoms with E-state index >= 15 is 0 Å². The lowest BCUT2D eigenvalue weighted by Gasteiger charge is -2.49. The van der Waals surface area contributed by atoms with Crippen molar-refractivity contribution in [1.82, 2.24) is 0 Å². The fraction of sp³-hybridized carbons (Fsp3) is 0.538. The Labute approximate surface area is 102 Å². The van der Waals surface area contributed by atoms with Crippen LogP contribution in [0.2, 0.25) is 5.02 Å². The van der Waals surface area contributed by atoms with Gasteiger partial charge < -0.3 is 10.5 Å². The molecule has 0 bridgehead atoms. The molecular weight excluding hydrogens is 222 g/mol. The zero-order chi connectivity index (χ0) is 11.9. The van der Waals surface area contributed by atoms with Gasteiger partial charge in [0.1, 0.15) is 11.9 Å². The highest BCUT2D eigenvalue weighted by atomic mass is 35.5. The monoisotopic (exact) mass is 239 g/mol. The van der Waals surface area contributed by atoms with Crippen LogP contribution in [-0.2, 0) is 0 Å². The van der Waals surface area contributed by atoms with Crippen molar-refractivity contribution in [3.05, 3.63) is 28.8 Å². The first-order chi connectivity index (χ1) is 7.41. The predicted molar refractivity (Wildman–Crippen MR) is 67.0 cm³/mol. The summed E-state index contributed by atoms with van der Waals surface area (Å²) in [4.78, 5) is 0. The smallest absolute Gasteiger partial charge is 0.124 e. The molecule has 16 heavy (non-hydrogen) atoms. The van der Waals surface area contributed by atoms with Gasteiger partial charge in [0, 0.05) is 22.9 Å². The number of rotatable bonds is 2. The largest absolute Gasteiger partial charge is 0.489 e. The van der Waals surface area contributed by atoms with Gasteiger partial charge in [0.15, 0.2) is 0 Å². The summed E-state index contributed by atoms with van der Waals surface area (Å²) >= 11 is 5.96. The van der Waals surface area contributed by atoms with Crippen LogP contribution in [0.25, 0.3) is 0 Å². The molecule has 0 aromatic heterocycles. The Balaban J connectivity index is 2.13. The molecular formula is C13H18ClNO. The van der Waals surface area contributed by atoms with Crippen molar-refractivity contribution < 1.29 is 4.74 Å². The fourth-order valence-electron chi connectivity index (χ4n) is 1.97. The highest BCUT2D eigenvalue weighted by molar-refractivity contribution is 6.30. The summed E-state index contributed by atoms with van der Waals surface area (Å²) < 4.78 is 5.98. The Hall–Kier alpha value is -0.730. The van der Waals surface area contributed by atoms with Crippen LogP contribution in [0.15, 0.2) is 18.2 Å². The maximum atomic E-state index is 5.98. The van der Waals surface area contributed by atoms with E-state index in [0.717, 1.165) is 17.7 Å². The van der Waals surface area contributed by atoms with Crippen molar-refractivity contribution in [3.63, 3.8) is 0 Å². The summed E-state index contributed by atoms with van der Waals surface area (Å²) in [6.45, 7) is 6.31. The van der Waals surface area contributed by atoms with Crippen LogP contribution < -0.4 is 10.5 Å². The number of aryl methyl sites for hydroxylation is 1. The van der Waals surface area contributed by atoms with Crippen molar-refractivity contribution in [1.29, 1.82) is 0 Å². The molecule has 1 aromatic carbocycles. The molecule has 0 aliphatic heterocycles. The summed E-state index contributed by atoms with van der Waals surface area (Å²) in [5, 5.41) is 0.710. The van der Waals surface area contributed by atoms with Crippen LogP contribution in [0.3, 0.4) is 0 Å². The molecule has 0 radical (unpaired) electrons. The second-order valence-corrected chi connectivity index (χ2v) is 5.62. The Morgan fingerprint density at radius 3 is 2.69 bits per heavy atom. The maximum Gasteiger partial charge on any atom is 0.124 e. The second kappa shape index (κ2) is 3.94. The summed E-state index contributed by atoms with van der Waals surface area (Å²) in [5.74, 6) is 0.873. The minimum atomic E-state index is 0.0504. The Bertz CT molecular complexity index is 403. The van der Waals surface area contributed by atoms with E-state index in [0.29, 0.717) is 5.02 Å². The quantitative estimate of drug-likeness (QED) is 0.861. The highest BCUT2D eigenvalue weighted by Crippen LogP contribution is 2.42. The van der Waals surface area contributed by atoms with Gasteiger partial charge in [-0.05, 0) is 24.6 Å². The summed E-state index contributed by atoms with van der Waals surface area (Å²) in [6.07, 6.45) is 1.11. The molecule has 0 spiro atoms. The van der Waals surface area contributed by atoms with E-state index in [2.05, 4.69) is 13.8 Å². The van der Waals surface area contributed by atoms with Crippen LogP contribution in [0.4, 0.5) is 0 Å². The van der Waals surface area contributed by atoms with E-state index in [-0.39, 0.29) is 17.6 Å². The number of hydrogen-bond donors (Lipinski definition) is 1. The van der Waals surface area contributed by atoms with Gasteiger partial charge in [-0.25, -0.2) is 0 Å². The minimum Gasteiger partial charge on any atom is -0.489 e. The van der Waals surface area contributed by atoms with Gasteiger partial charge in [-0.15, -0.1) is 0 Å². The molecule has 0 amide bonds. The standard InChI is InChI=1S/C13H18ClNO/c1-8-4-5-9(14)6-10(8)16-12-7-11(15)13(12,2)3/h4-6,11-12H,7,15H2,1-3H3. The van der Waals surface area contributed by atoms with Gasteiger partial charge >= 0.3 is 0 Å². The number of ether oxygens (including phenoxy) is 1. The first-order valence-electron chi connectivity index (χ1n) is 5.59. The van der Waals surface area contributed by atoms with E-state index < -0.39 is 0 Å². The van der Waals surface area contributed by atoms with Gasteiger partial charge in [-0.3, -0.25) is 0 Å². The molecule has 1 aliphatic carbocycles. The van der Waals surface area contributed by atoms with E-state index in [1.165, 1.54) is 0 Å².